The maximum absolute atomic E-state index is 10.9. The van der Waals surface area contributed by atoms with Crippen LogP contribution >= 0.6 is 11.6 Å². The van der Waals surface area contributed by atoms with E-state index in [-0.39, 0.29) is 5.78 Å². The molecule has 58 valence electrons. The van der Waals surface area contributed by atoms with Crippen LogP contribution in [0.5, 0.6) is 0 Å². The van der Waals surface area contributed by atoms with Gasteiger partial charge in [0.2, 0.25) is 0 Å². The summed E-state index contributed by atoms with van der Waals surface area (Å²) in [5.74, 6) is 0.596. The lowest BCUT2D eigenvalue weighted by Gasteiger charge is -2.01. The van der Waals surface area contributed by atoms with Crippen molar-refractivity contribution < 1.29 is 4.79 Å². The van der Waals surface area contributed by atoms with Gasteiger partial charge in [0.05, 0.1) is 0 Å². The molecule has 0 aromatic carbocycles. The average Bonchev–Trinajstić information content (AvgIpc) is 1.58. The van der Waals surface area contributed by atoms with Crippen LogP contribution in [-0.4, -0.2) is 5.78 Å². The molecule has 0 amide bonds. The van der Waals surface area contributed by atoms with E-state index in [2.05, 4.69) is 6.58 Å². The molecular formula is C8H13ClO. The van der Waals surface area contributed by atoms with Crippen molar-refractivity contribution in [3.05, 3.63) is 11.6 Å². The molecule has 0 atom stereocenters. The van der Waals surface area contributed by atoms with Gasteiger partial charge in [-0.1, -0.05) is 32.0 Å². The predicted octanol–water partition coefficient (Wildman–Crippen LogP) is 2.74. The number of allylic oxidation sites excluding steroid dienone is 1. The molecule has 2 heteroatoms. The van der Waals surface area contributed by atoms with Crippen LogP contribution in [0.25, 0.3) is 0 Å². The first-order valence-corrected chi connectivity index (χ1v) is 3.75. The number of hydrogen-bond acceptors (Lipinski definition) is 1. The lowest BCUT2D eigenvalue weighted by molar-refractivity contribution is -0.118. The fraction of sp³-hybridized carbons (Fsp3) is 0.625. The van der Waals surface area contributed by atoms with E-state index in [0.29, 0.717) is 23.8 Å². The molecule has 0 aromatic heterocycles. The van der Waals surface area contributed by atoms with Crippen LogP contribution in [-0.2, 0) is 4.79 Å². The molecule has 0 radical (unpaired) electrons. The molecular weight excluding hydrogens is 148 g/mol. The summed E-state index contributed by atoms with van der Waals surface area (Å²) in [6.07, 6.45) is 0.922. The van der Waals surface area contributed by atoms with Crippen molar-refractivity contribution in [3.8, 4) is 0 Å². The van der Waals surface area contributed by atoms with Crippen LogP contribution < -0.4 is 0 Å². The van der Waals surface area contributed by atoms with Crippen LogP contribution in [0.1, 0.15) is 26.7 Å². The topological polar surface area (TPSA) is 17.1 Å². The quantitative estimate of drug-likeness (QED) is 0.618. The highest BCUT2D eigenvalue weighted by molar-refractivity contribution is 6.30. The van der Waals surface area contributed by atoms with Crippen molar-refractivity contribution in [1.82, 2.24) is 0 Å². The molecule has 0 saturated carbocycles. The molecule has 0 spiro atoms. The van der Waals surface area contributed by atoms with Gasteiger partial charge in [0.1, 0.15) is 5.78 Å². The second-order valence-electron chi connectivity index (χ2n) is 2.83. The molecule has 1 nitrogen and oxygen atoms in total. The summed E-state index contributed by atoms with van der Waals surface area (Å²) in [4.78, 5) is 10.9. The molecule has 0 fully saturated rings. The zero-order valence-corrected chi connectivity index (χ0v) is 7.24. The Morgan fingerprint density at radius 1 is 1.60 bits per heavy atom. The van der Waals surface area contributed by atoms with Gasteiger partial charge in [-0.05, 0) is 5.92 Å². The monoisotopic (exact) mass is 160 g/mol. The Kier molecular flexibility index (Phi) is 4.37. The van der Waals surface area contributed by atoms with Crippen molar-refractivity contribution in [2.75, 3.05) is 0 Å². The summed E-state index contributed by atoms with van der Waals surface area (Å²) < 4.78 is 0. The first-order chi connectivity index (χ1) is 4.52. The van der Waals surface area contributed by atoms with E-state index in [1.54, 1.807) is 0 Å². The van der Waals surface area contributed by atoms with Crippen LogP contribution in [0.2, 0.25) is 0 Å². The Bertz CT molecular complexity index is 138. The summed E-state index contributed by atoms with van der Waals surface area (Å²) >= 11 is 5.44. The number of Topliss-reactive ketones (excluding diaryl/α,β-unsaturated/α-hetero) is 1. The summed E-state index contributed by atoms with van der Waals surface area (Å²) in [5, 5.41) is 0.436. The normalized spacial score (nSPS) is 10.0. The van der Waals surface area contributed by atoms with Crippen molar-refractivity contribution >= 4 is 17.4 Å². The molecule has 0 aliphatic rings. The first-order valence-electron chi connectivity index (χ1n) is 3.37. The van der Waals surface area contributed by atoms with Gasteiger partial charge in [-0.3, -0.25) is 4.79 Å². The maximum atomic E-state index is 10.9. The molecule has 0 aliphatic heterocycles. The van der Waals surface area contributed by atoms with Crippen LogP contribution in [0, 0.1) is 5.92 Å². The zero-order chi connectivity index (χ0) is 8.15. The fourth-order valence-corrected chi connectivity index (χ4v) is 0.890. The number of rotatable bonds is 4. The number of halogens is 1. The largest absolute Gasteiger partial charge is 0.299 e. The zero-order valence-electron chi connectivity index (χ0n) is 6.48. The SMILES string of the molecule is C=C(Cl)CC(=O)CC(C)C. The van der Waals surface area contributed by atoms with Gasteiger partial charge >= 0.3 is 0 Å². The van der Waals surface area contributed by atoms with Gasteiger partial charge < -0.3 is 0 Å². The third kappa shape index (κ3) is 5.83. The van der Waals surface area contributed by atoms with Crippen molar-refractivity contribution in [1.29, 1.82) is 0 Å². The Balaban J connectivity index is 3.54. The fourth-order valence-electron chi connectivity index (χ4n) is 0.741. The Morgan fingerprint density at radius 3 is 2.40 bits per heavy atom. The van der Waals surface area contributed by atoms with E-state index >= 15 is 0 Å². The van der Waals surface area contributed by atoms with Gasteiger partial charge in [0.25, 0.3) is 0 Å². The highest BCUT2D eigenvalue weighted by Crippen LogP contribution is 2.09. The lowest BCUT2D eigenvalue weighted by Crippen LogP contribution is -2.01. The minimum absolute atomic E-state index is 0.176. The summed E-state index contributed by atoms with van der Waals surface area (Å²) in [6.45, 7) is 7.46. The highest BCUT2D eigenvalue weighted by Gasteiger charge is 2.04. The predicted molar refractivity (Wildman–Crippen MR) is 44.1 cm³/mol. The smallest absolute Gasteiger partial charge is 0.138 e. The number of carbonyl (C=O) groups excluding carboxylic acids is 1. The van der Waals surface area contributed by atoms with E-state index in [9.17, 15) is 4.79 Å². The van der Waals surface area contributed by atoms with Crippen molar-refractivity contribution in [2.24, 2.45) is 5.92 Å². The van der Waals surface area contributed by atoms with Gasteiger partial charge in [-0.15, -0.1) is 0 Å². The molecule has 0 saturated heterocycles. The Hall–Kier alpha value is -0.300. The van der Waals surface area contributed by atoms with Crippen LogP contribution in [0.4, 0.5) is 0 Å². The van der Waals surface area contributed by atoms with Gasteiger partial charge in [0, 0.05) is 17.9 Å². The number of carbonyl (C=O) groups is 1. The number of hydrogen-bond donors (Lipinski definition) is 0. The van der Waals surface area contributed by atoms with E-state index in [1.165, 1.54) is 0 Å². The first kappa shape index (κ1) is 9.70. The standard InChI is InChI=1S/C8H13ClO/c1-6(2)4-8(10)5-7(3)9/h6H,3-5H2,1-2H3. The molecule has 0 heterocycles. The van der Waals surface area contributed by atoms with Crippen LogP contribution in [0.3, 0.4) is 0 Å². The lowest BCUT2D eigenvalue weighted by atomic mass is 10.1. The molecule has 0 unspecified atom stereocenters. The molecule has 0 aliphatic carbocycles. The summed E-state index contributed by atoms with van der Waals surface area (Å²) in [6, 6.07) is 0. The third-order valence-corrected chi connectivity index (χ3v) is 1.16. The molecule has 0 aromatic rings. The maximum Gasteiger partial charge on any atom is 0.138 e. The summed E-state index contributed by atoms with van der Waals surface area (Å²) in [7, 11) is 0. The minimum Gasteiger partial charge on any atom is -0.299 e. The number of ketones is 1. The second kappa shape index (κ2) is 4.51. The molecule has 0 bridgehead atoms. The van der Waals surface area contributed by atoms with E-state index in [4.69, 9.17) is 11.6 Å². The van der Waals surface area contributed by atoms with Crippen molar-refractivity contribution in [2.45, 2.75) is 26.7 Å². The minimum atomic E-state index is 0.176. The molecule has 0 rings (SSSR count). The second-order valence-corrected chi connectivity index (χ2v) is 3.37. The molecule has 10 heavy (non-hydrogen) atoms. The van der Waals surface area contributed by atoms with Gasteiger partial charge in [-0.2, -0.15) is 0 Å². The van der Waals surface area contributed by atoms with Gasteiger partial charge in [0.15, 0.2) is 0 Å². The van der Waals surface area contributed by atoms with E-state index in [0.717, 1.165) is 0 Å². The Labute approximate surface area is 67.1 Å². The average molecular weight is 161 g/mol. The van der Waals surface area contributed by atoms with Crippen molar-refractivity contribution in [3.63, 3.8) is 0 Å². The molecule has 0 N–H and O–H groups in total. The van der Waals surface area contributed by atoms with Crippen LogP contribution in [0.15, 0.2) is 11.6 Å². The third-order valence-electron chi connectivity index (χ3n) is 1.02. The summed E-state index contributed by atoms with van der Waals surface area (Å²) in [5.41, 5.74) is 0. The van der Waals surface area contributed by atoms with E-state index < -0.39 is 0 Å². The van der Waals surface area contributed by atoms with E-state index in [1.807, 2.05) is 13.8 Å². The Morgan fingerprint density at radius 2 is 2.10 bits per heavy atom. The van der Waals surface area contributed by atoms with Gasteiger partial charge in [-0.25, -0.2) is 0 Å². The highest BCUT2D eigenvalue weighted by atomic mass is 35.5.